The van der Waals surface area contributed by atoms with Gasteiger partial charge in [-0.05, 0) is 23.8 Å². The highest BCUT2D eigenvalue weighted by Gasteiger charge is 2.05. The van der Waals surface area contributed by atoms with E-state index in [0.717, 1.165) is 5.56 Å². The number of nitrogens with one attached hydrogen (secondary N) is 1. The first-order valence-corrected chi connectivity index (χ1v) is 5.51. The molecule has 0 radical (unpaired) electrons. The second-order valence-corrected chi connectivity index (χ2v) is 3.91. The van der Waals surface area contributed by atoms with Gasteiger partial charge in [0, 0.05) is 17.8 Å². The van der Waals surface area contributed by atoms with Gasteiger partial charge in [-0.1, -0.05) is 30.3 Å². The van der Waals surface area contributed by atoms with E-state index in [0.29, 0.717) is 12.2 Å². The zero-order valence-corrected chi connectivity index (χ0v) is 9.54. The molecule has 2 rings (SSSR count). The molecule has 0 spiro atoms. The van der Waals surface area contributed by atoms with Gasteiger partial charge in [-0.2, -0.15) is 0 Å². The summed E-state index contributed by atoms with van der Waals surface area (Å²) in [5.41, 5.74) is 1.53. The summed E-state index contributed by atoms with van der Waals surface area (Å²) in [7, 11) is 0. The van der Waals surface area contributed by atoms with Gasteiger partial charge in [-0.3, -0.25) is 0 Å². The number of alkyl halides is 2. The van der Waals surface area contributed by atoms with E-state index in [2.05, 4.69) is 5.32 Å². The van der Waals surface area contributed by atoms with Gasteiger partial charge in [0.25, 0.3) is 6.43 Å². The Morgan fingerprint density at radius 3 is 2.33 bits per heavy atom. The monoisotopic (exact) mass is 251 g/mol. The molecule has 94 valence electrons. The summed E-state index contributed by atoms with van der Waals surface area (Å²) in [6, 6.07) is 12.2. The van der Waals surface area contributed by atoms with Gasteiger partial charge in [-0.25, -0.2) is 13.2 Å². The molecule has 0 fully saturated rings. The van der Waals surface area contributed by atoms with Crippen molar-refractivity contribution in [3.05, 3.63) is 65.5 Å². The van der Waals surface area contributed by atoms with Crippen molar-refractivity contribution in [1.82, 2.24) is 0 Å². The Kier molecular flexibility index (Phi) is 3.87. The van der Waals surface area contributed by atoms with Crippen LogP contribution in [0.3, 0.4) is 0 Å². The lowest BCUT2D eigenvalue weighted by molar-refractivity contribution is 0.151. The van der Waals surface area contributed by atoms with Gasteiger partial charge in [0.15, 0.2) is 0 Å². The van der Waals surface area contributed by atoms with Crippen molar-refractivity contribution in [2.24, 2.45) is 0 Å². The van der Waals surface area contributed by atoms with E-state index >= 15 is 0 Å². The predicted octanol–water partition coefficient (Wildman–Crippen LogP) is 4.38. The van der Waals surface area contributed by atoms with Crippen molar-refractivity contribution in [2.45, 2.75) is 13.0 Å². The molecule has 0 bridgehead atoms. The maximum Gasteiger partial charge on any atom is 0.263 e. The zero-order valence-electron chi connectivity index (χ0n) is 9.54. The first kappa shape index (κ1) is 12.5. The fourth-order valence-corrected chi connectivity index (χ4v) is 1.58. The van der Waals surface area contributed by atoms with Crippen LogP contribution >= 0.6 is 0 Å². The second-order valence-electron chi connectivity index (χ2n) is 3.91. The van der Waals surface area contributed by atoms with Crippen LogP contribution < -0.4 is 5.32 Å². The summed E-state index contributed by atoms with van der Waals surface area (Å²) in [5, 5.41) is 3.02. The number of rotatable bonds is 4. The molecular formula is C14H12F3N. The van der Waals surface area contributed by atoms with Gasteiger partial charge in [0.1, 0.15) is 5.82 Å². The summed E-state index contributed by atoms with van der Waals surface area (Å²) in [6.45, 7) is 0.465. The van der Waals surface area contributed by atoms with E-state index in [1.54, 1.807) is 24.3 Å². The number of halogens is 3. The van der Waals surface area contributed by atoms with Crippen LogP contribution in [0.2, 0.25) is 0 Å². The molecule has 2 aromatic rings. The maximum absolute atomic E-state index is 12.9. The molecule has 1 N–H and O–H groups in total. The van der Waals surface area contributed by atoms with Crippen molar-refractivity contribution >= 4 is 5.69 Å². The Labute approximate surface area is 103 Å². The third kappa shape index (κ3) is 3.26. The number of anilines is 1. The fraction of sp³-hybridized carbons (Fsp3) is 0.143. The van der Waals surface area contributed by atoms with Crippen molar-refractivity contribution in [3.63, 3.8) is 0 Å². The lowest BCUT2D eigenvalue weighted by atomic mass is 10.1. The fourth-order valence-electron chi connectivity index (χ4n) is 1.58. The minimum Gasteiger partial charge on any atom is -0.381 e. The summed E-state index contributed by atoms with van der Waals surface area (Å²) < 4.78 is 37.6. The van der Waals surface area contributed by atoms with Crippen LogP contribution in [0.5, 0.6) is 0 Å². The molecule has 0 unspecified atom stereocenters. The van der Waals surface area contributed by atoms with Crippen LogP contribution in [0.1, 0.15) is 17.6 Å². The first-order chi connectivity index (χ1) is 8.65. The molecule has 0 heterocycles. The predicted molar refractivity (Wildman–Crippen MR) is 65.1 cm³/mol. The van der Waals surface area contributed by atoms with Gasteiger partial charge in [0.05, 0.1) is 0 Å². The molecule has 18 heavy (non-hydrogen) atoms. The Morgan fingerprint density at radius 2 is 1.72 bits per heavy atom. The van der Waals surface area contributed by atoms with Gasteiger partial charge in [-0.15, -0.1) is 0 Å². The topological polar surface area (TPSA) is 12.0 Å². The molecule has 0 amide bonds. The van der Waals surface area contributed by atoms with Gasteiger partial charge in [0.2, 0.25) is 0 Å². The summed E-state index contributed by atoms with van der Waals surface area (Å²) in [5.74, 6) is -0.312. The number of hydrogen-bond acceptors (Lipinski definition) is 1. The average molecular weight is 251 g/mol. The molecule has 2 aromatic carbocycles. The largest absolute Gasteiger partial charge is 0.381 e. The van der Waals surface area contributed by atoms with Gasteiger partial charge >= 0.3 is 0 Å². The minimum absolute atomic E-state index is 0.00417. The van der Waals surface area contributed by atoms with Crippen molar-refractivity contribution < 1.29 is 13.2 Å². The molecule has 0 saturated heterocycles. The van der Waals surface area contributed by atoms with Gasteiger partial charge < -0.3 is 5.32 Å². The number of benzene rings is 2. The van der Waals surface area contributed by atoms with Crippen molar-refractivity contribution in [2.75, 3.05) is 5.32 Å². The van der Waals surface area contributed by atoms with Crippen LogP contribution in [0.25, 0.3) is 0 Å². The van der Waals surface area contributed by atoms with Crippen molar-refractivity contribution in [1.29, 1.82) is 0 Å². The second kappa shape index (κ2) is 5.58. The minimum atomic E-state index is -2.45. The highest BCUT2D eigenvalue weighted by atomic mass is 19.3. The molecule has 0 aliphatic heterocycles. The summed E-state index contributed by atoms with van der Waals surface area (Å²) in [4.78, 5) is 0. The van der Waals surface area contributed by atoms with E-state index in [-0.39, 0.29) is 11.4 Å². The first-order valence-electron chi connectivity index (χ1n) is 5.51. The Morgan fingerprint density at radius 1 is 1.00 bits per heavy atom. The lowest BCUT2D eigenvalue weighted by Crippen LogP contribution is -1.99. The molecule has 0 saturated carbocycles. The Bertz CT molecular complexity index is 509. The van der Waals surface area contributed by atoms with E-state index in [4.69, 9.17) is 0 Å². The molecule has 0 aliphatic rings. The molecule has 4 heteroatoms. The zero-order chi connectivity index (χ0) is 13.0. The highest BCUT2D eigenvalue weighted by Crippen LogP contribution is 2.19. The molecule has 0 aliphatic carbocycles. The van der Waals surface area contributed by atoms with E-state index < -0.39 is 6.43 Å². The third-order valence-electron chi connectivity index (χ3n) is 2.55. The Balaban J connectivity index is 1.98. The maximum atomic E-state index is 12.9. The van der Waals surface area contributed by atoms with Crippen molar-refractivity contribution in [3.8, 4) is 0 Å². The van der Waals surface area contributed by atoms with Crippen LogP contribution in [-0.4, -0.2) is 0 Å². The smallest absolute Gasteiger partial charge is 0.263 e. The molecular weight excluding hydrogens is 239 g/mol. The van der Waals surface area contributed by atoms with Crippen LogP contribution in [-0.2, 0) is 6.54 Å². The average Bonchev–Trinajstić information content (AvgIpc) is 2.37. The van der Waals surface area contributed by atoms with E-state index in [1.165, 1.54) is 24.3 Å². The van der Waals surface area contributed by atoms with Crippen LogP contribution in [0.4, 0.5) is 18.9 Å². The normalized spacial score (nSPS) is 10.7. The van der Waals surface area contributed by atoms with Crippen LogP contribution in [0, 0.1) is 5.82 Å². The standard InChI is InChI=1S/C14H12F3N/c15-12-2-1-3-13(8-12)18-9-10-4-6-11(7-5-10)14(16)17/h1-8,14,18H,9H2. The highest BCUT2D eigenvalue weighted by molar-refractivity contribution is 5.43. The SMILES string of the molecule is Fc1cccc(NCc2ccc(C(F)F)cc2)c1. The lowest BCUT2D eigenvalue weighted by Gasteiger charge is -2.07. The van der Waals surface area contributed by atoms with Crippen LogP contribution in [0.15, 0.2) is 48.5 Å². The third-order valence-corrected chi connectivity index (χ3v) is 2.55. The van der Waals surface area contributed by atoms with E-state index in [9.17, 15) is 13.2 Å². The number of hydrogen-bond donors (Lipinski definition) is 1. The summed E-state index contributed by atoms with van der Waals surface area (Å²) in [6.07, 6.45) is -2.45. The van der Waals surface area contributed by atoms with E-state index in [1.807, 2.05) is 0 Å². The summed E-state index contributed by atoms with van der Waals surface area (Å²) >= 11 is 0. The quantitative estimate of drug-likeness (QED) is 0.850. The molecule has 0 aromatic heterocycles. The Hall–Kier alpha value is -1.97. The molecule has 1 nitrogen and oxygen atoms in total. The molecule has 0 atom stereocenters.